The molecule has 0 aliphatic rings. The minimum absolute atomic E-state index is 0.247. The molecule has 4 heteroatoms. The predicted molar refractivity (Wildman–Crippen MR) is 86.5 cm³/mol. The van der Waals surface area contributed by atoms with Gasteiger partial charge in [0.05, 0.1) is 0 Å². The monoisotopic (exact) mass is 279 g/mol. The fraction of sp³-hybridized carbons (Fsp3) is 0.118. The normalized spacial score (nSPS) is 10.7. The van der Waals surface area contributed by atoms with Crippen LogP contribution < -0.4 is 11.1 Å². The third-order valence-electron chi connectivity index (χ3n) is 3.44. The molecule has 0 aliphatic carbocycles. The molecule has 0 unspecified atom stereocenters. The van der Waals surface area contributed by atoms with Gasteiger partial charge in [0, 0.05) is 23.8 Å². The zero-order valence-electron chi connectivity index (χ0n) is 11.6. The van der Waals surface area contributed by atoms with Crippen LogP contribution in [-0.4, -0.2) is 16.6 Å². The van der Waals surface area contributed by atoms with E-state index in [0.29, 0.717) is 0 Å². The van der Waals surface area contributed by atoms with E-state index in [9.17, 15) is 5.11 Å². The highest BCUT2D eigenvalue weighted by atomic mass is 16.3. The molecule has 106 valence electrons. The van der Waals surface area contributed by atoms with Crippen molar-refractivity contribution >= 4 is 22.3 Å². The number of nitrogens with zero attached hydrogens (tertiary/aromatic N) is 1. The van der Waals surface area contributed by atoms with Crippen molar-refractivity contribution in [2.24, 2.45) is 0 Å². The van der Waals surface area contributed by atoms with Crippen molar-refractivity contribution in [3.05, 3.63) is 60.3 Å². The molecule has 0 spiro atoms. The summed E-state index contributed by atoms with van der Waals surface area (Å²) in [6.45, 7) is 0.770. The van der Waals surface area contributed by atoms with E-state index < -0.39 is 0 Å². The van der Waals surface area contributed by atoms with Gasteiger partial charge in [-0.3, -0.25) is 0 Å². The molecule has 1 heterocycles. The highest BCUT2D eigenvalue weighted by Gasteiger charge is 2.03. The second kappa shape index (κ2) is 5.71. The summed E-state index contributed by atoms with van der Waals surface area (Å²) in [5.74, 6) is 1.04. The third-order valence-corrected chi connectivity index (χ3v) is 3.44. The molecule has 0 saturated heterocycles. The van der Waals surface area contributed by atoms with Crippen molar-refractivity contribution in [3.63, 3.8) is 0 Å². The Morgan fingerprint density at radius 3 is 2.67 bits per heavy atom. The van der Waals surface area contributed by atoms with E-state index in [-0.39, 0.29) is 5.75 Å². The topological polar surface area (TPSA) is 71.2 Å². The Labute approximate surface area is 123 Å². The highest BCUT2D eigenvalue weighted by molar-refractivity contribution is 5.92. The van der Waals surface area contributed by atoms with Crippen molar-refractivity contribution in [1.82, 2.24) is 4.98 Å². The fourth-order valence-electron chi connectivity index (χ4n) is 2.31. The third kappa shape index (κ3) is 3.05. The number of hydrogen-bond acceptors (Lipinski definition) is 4. The lowest BCUT2D eigenvalue weighted by molar-refractivity contribution is 0.476. The number of nitrogen functional groups attached to an aromatic ring is 1. The number of anilines is 2. The second-order valence-electron chi connectivity index (χ2n) is 4.98. The van der Waals surface area contributed by atoms with Gasteiger partial charge >= 0.3 is 0 Å². The number of benzene rings is 2. The Hall–Kier alpha value is -2.75. The molecule has 0 fully saturated rings. The van der Waals surface area contributed by atoms with Gasteiger partial charge in [0.15, 0.2) is 0 Å². The molecular formula is C17H17N3O. The molecule has 0 amide bonds. The van der Waals surface area contributed by atoms with Gasteiger partial charge in [-0.25, -0.2) is 4.98 Å². The van der Waals surface area contributed by atoms with Gasteiger partial charge in [-0.15, -0.1) is 0 Å². The second-order valence-corrected chi connectivity index (χ2v) is 4.98. The Bertz CT molecular complexity index is 754. The molecule has 4 N–H and O–H groups in total. The first-order valence-electron chi connectivity index (χ1n) is 6.88. The van der Waals surface area contributed by atoms with E-state index in [2.05, 4.69) is 10.3 Å². The number of fused-ring (bicyclic) bond motifs is 1. The van der Waals surface area contributed by atoms with Crippen molar-refractivity contribution in [2.45, 2.75) is 6.42 Å². The first-order chi connectivity index (χ1) is 10.2. The molecule has 4 nitrogen and oxygen atoms in total. The van der Waals surface area contributed by atoms with E-state index in [4.69, 9.17) is 5.73 Å². The Balaban J connectivity index is 1.73. The SMILES string of the molecule is Nc1ccc(CCNc2nccc3ccc(O)cc23)cc1. The van der Waals surface area contributed by atoms with E-state index >= 15 is 0 Å². The van der Waals surface area contributed by atoms with Gasteiger partial charge in [0.2, 0.25) is 0 Å². The smallest absolute Gasteiger partial charge is 0.133 e. The van der Waals surface area contributed by atoms with E-state index in [1.165, 1.54) is 5.56 Å². The summed E-state index contributed by atoms with van der Waals surface area (Å²) >= 11 is 0. The van der Waals surface area contributed by atoms with Gasteiger partial charge in [0.25, 0.3) is 0 Å². The maximum atomic E-state index is 9.62. The van der Waals surface area contributed by atoms with Crippen LogP contribution in [0.2, 0.25) is 0 Å². The lowest BCUT2D eigenvalue weighted by Gasteiger charge is -2.09. The number of phenolic OH excluding ortho intramolecular Hbond substituents is 1. The molecule has 0 saturated carbocycles. The standard InChI is InChI=1S/C17H17N3O/c18-14-4-1-12(2-5-14)7-9-19-17-16-11-15(21)6-3-13(16)8-10-20-17/h1-6,8,10-11,21H,7,9,18H2,(H,19,20). The van der Waals surface area contributed by atoms with Crippen molar-refractivity contribution in [3.8, 4) is 5.75 Å². The van der Waals surface area contributed by atoms with Crippen LogP contribution in [0, 0.1) is 0 Å². The zero-order valence-corrected chi connectivity index (χ0v) is 11.6. The summed E-state index contributed by atoms with van der Waals surface area (Å²) in [5, 5.41) is 14.9. The molecule has 0 atom stereocenters. The van der Waals surface area contributed by atoms with E-state index in [1.807, 2.05) is 36.4 Å². The number of nitrogens with one attached hydrogen (secondary N) is 1. The number of pyridine rings is 1. The lowest BCUT2D eigenvalue weighted by Crippen LogP contribution is -2.06. The van der Waals surface area contributed by atoms with E-state index in [0.717, 1.165) is 35.2 Å². The lowest BCUT2D eigenvalue weighted by atomic mass is 10.1. The van der Waals surface area contributed by atoms with Gasteiger partial charge in [-0.2, -0.15) is 0 Å². The average molecular weight is 279 g/mol. The predicted octanol–water partition coefficient (Wildman–Crippen LogP) is 3.18. The number of rotatable bonds is 4. The quantitative estimate of drug-likeness (QED) is 0.641. The van der Waals surface area contributed by atoms with Crippen LogP contribution in [0.3, 0.4) is 0 Å². The van der Waals surface area contributed by atoms with Crippen LogP contribution in [0.5, 0.6) is 5.75 Å². The summed E-state index contributed by atoms with van der Waals surface area (Å²) in [7, 11) is 0. The number of aromatic nitrogens is 1. The molecule has 1 aromatic heterocycles. The molecule has 0 radical (unpaired) electrons. The van der Waals surface area contributed by atoms with Crippen molar-refractivity contribution in [1.29, 1.82) is 0 Å². The van der Waals surface area contributed by atoms with E-state index in [1.54, 1.807) is 18.3 Å². The minimum atomic E-state index is 0.247. The first kappa shape index (κ1) is 13.2. The molecule has 0 aliphatic heterocycles. The zero-order chi connectivity index (χ0) is 14.7. The molecule has 0 bridgehead atoms. The molecule has 21 heavy (non-hydrogen) atoms. The maximum Gasteiger partial charge on any atom is 0.133 e. The largest absolute Gasteiger partial charge is 0.508 e. The van der Waals surface area contributed by atoms with Crippen LogP contribution in [0.15, 0.2) is 54.7 Å². The Morgan fingerprint density at radius 2 is 1.86 bits per heavy atom. The minimum Gasteiger partial charge on any atom is -0.508 e. The van der Waals surface area contributed by atoms with Crippen LogP contribution in [-0.2, 0) is 6.42 Å². The summed E-state index contributed by atoms with van der Waals surface area (Å²) in [6, 6.07) is 15.1. The van der Waals surface area contributed by atoms with Gasteiger partial charge in [0.1, 0.15) is 11.6 Å². The Kier molecular flexibility index (Phi) is 3.60. The highest BCUT2D eigenvalue weighted by Crippen LogP contribution is 2.25. The van der Waals surface area contributed by atoms with Gasteiger partial charge < -0.3 is 16.2 Å². The van der Waals surface area contributed by atoms with Crippen molar-refractivity contribution < 1.29 is 5.11 Å². The van der Waals surface area contributed by atoms with Crippen LogP contribution in [0.25, 0.3) is 10.8 Å². The number of hydrogen-bond donors (Lipinski definition) is 3. The first-order valence-corrected chi connectivity index (χ1v) is 6.88. The van der Waals surface area contributed by atoms with Crippen LogP contribution >= 0.6 is 0 Å². The summed E-state index contributed by atoms with van der Waals surface area (Å²) < 4.78 is 0. The molecule has 2 aromatic carbocycles. The molecule has 3 rings (SSSR count). The average Bonchev–Trinajstić information content (AvgIpc) is 2.50. The van der Waals surface area contributed by atoms with Crippen molar-refractivity contribution in [2.75, 3.05) is 17.6 Å². The Morgan fingerprint density at radius 1 is 1.05 bits per heavy atom. The summed E-state index contributed by atoms with van der Waals surface area (Å²) in [4.78, 5) is 4.35. The maximum absolute atomic E-state index is 9.62. The fourth-order valence-corrected chi connectivity index (χ4v) is 2.31. The molecular weight excluding hydrogens is 262 g/mol. The van der Waals surface area contributed by atoms with Gasteiger partial charge in [-0.05, 0) is 47.7 Å². The summed E-state index contributed by atoms with van der Waals surface area (Å²) in [5.41, 5.74) is 7.67. The number of aromatic hydroxyl groups is 1. The van der Waals surface area contributed by atoms with Gasteiger partial charge in [-0.1, -0.05) is 18.2 Å². The van der Waals surface area contributed by atoms with Crippen LogP contribution in [0.1, 0.15) is 5.56 Å². The summed E-state index contributed by atoms with van der Waals surface area (Å²) in [6.07, 6.45) is 2.65. The number of phenols is 1. The molecule has 3 aromatic rings. The number of nitrogens with two attached hydrogens (primary N) is 1. The van der Waals surface area contributed by atoms with Crippen LogP contribution in [0.4, 0.5) is 11.5 Å².